The molecule has 0 N–H and O–H groups in total. The van der Waals surface area contributed by atoms with E-state index in [1.54, 1.807) is 14.0 Å². The van der Waals surface area contributed by atoms with Gasteiger partial charge in [0.1, 0.15) is 5.75 Å². The lowest BCUT2D eigenvalue weighted by Gasteiger charge is -2.43. The first-order valence-corrected chi connectivity index (χ1v) is 9.06. The van der Waals surface area contributed by atoms with E-state index in [2.05, 4.69) is 33.8 Å². The van der Waals surface area contributed by atoms with Gasteiger partial charge < -0.3 is 14.5 Å². The molecular weight excluding hydrogens is 314 g/mol. The molecule has 1 aromatic carbocycles. The van der Waals surface area contributed by atoms with Crippen molar-refractivity contribution in [1.82, 2.24) is 9.80 Å². The van der Waals surface area contributed by atoms with Crippen LogP contribution in [0.25, 0.3) is 0 Å². The fourth-order valence-electron chi connectivity index (χ4n) is 3.84. The molecule has 1 atom stereocenters. The molecule has 2 aliphatic rings. The summed E-state index contributed by atoms with van der Waals surface area (Å²) in [5.41, 5.74) is 1.17. The van der Waals surface area contributed by atoms with Crippen molar-refractivity contribution in [3.8, 4) is 17.6 Å². The second kappa shape index (κ2) is 8.26. The molecule has 5 nitrogen and oxygen atoms in total. The van der Waals surface area contributed by atoms with E-state index in [1.807, 2.05) is 17.0 Å². The van der Waals surface area contributed by atoms with Crippen molar-refractivity contribution in [3.63, 3.8) is 0 Å². The van der Waals surface area contributed by atoms with Crippen LogP contribution in [0.2, 0.25) is 0 Å². The Bertz CT molecular complexity index is 656. The Labute approximate surface area is 150 Å². The zero-order valence-corrected chi connectivity index (χ0v) is 15.2. The third kappa shape index (κ3) is 4.08. The van der Waals surface area contributed by atoms with Crippen molar-refractivity contribution in [2.24, 2.45) is 0 Å². The number of carbonyl (C=O) groups is 1. The average molecular weight is 341 g/mol. The number of rotatable bonds is 3. The zero-order chi connectivity index (χ0) is 17.6. The van der Waals surface area contributed by atoms with Crippen LogP contribution in [-0.4, -0.2) is 68.1 Å². The number of nitrogens with zero attached hydrogens (tertiary/aromatic N) is 3. The van der Waals surface area contributed by atoms with Gasteiger partial charge in [-0.05, 0) is 37.8 Å². The molecule has 1 aromatic rings. The highest BCUT2D eigenvalue weighted by atomic mass is 16.5. The molecule has 134 valence electrons. The maximum Gasteiger partial charge on any atom is 0.298 e. The Kier molecular flexibility index (Phi) is 5.83. The normalized spacial score (nSPS) is 21.4. The Hall–Kier alpha value is -2.19. The summed E-state index contributed by atoms with van der Waals surface area (Å²) < 4.78 is 5.49. The molecule has 0 bridgehead atoms. The van der Waals surface area contributed by atoms with E-state index >= 15 is 0 Å². The molecule has 2 heterocycles. The van der Waals surface area contributed by atoms with Crippen LogP contribution >= 0.6 is 0 Å². The fourth-order valence-corrected chi connectivity index (χ4v) is 3.84. The summed E-state index contributed by atoms with van der Waals surface area (Å²) in [7, 11) is 1.72. The highest BCUT2D eigenvalue weighted by Gasteiger charge is 2.30. The first kappa shape index (κ1) is 17.6. The van der Waals surface area contributed by atoms with Crippen LogP contribution in [0.1, 0.15) is 19.8 Å². The minimum Gasteiger partial charge on any atom is -0.495 e. The molecule has 5 heteroatoms. The monoisotopic (exact) mass is 341 g/mol. The van der Waals surface area contributed by atoms with Gasteiger partial charge in [0.15, 0.2) is 0 Å². The highest BCUT2D eigenvalue weighted by molar-refractivity contribution is 5.93. The van der Waals surface area contributed by atoms with Crippen LogP contribution in [-0.2, 0) is 4.79 Å². The van der Waals surface area contributed by atoms with E-state index in [0.717, 1.165) is 57.9 Å². The van der Waals surface area contributed by atoms with Crippen LogP contribution < -0.4 is 9.64 Å². The molecule has 0 unspecified atom stereocenters. The van der Waals surface area contributed by atoms with E-state index in [4.69, 9.17) is 4.74 Å². The number of carbonyl (C=O) groups excluding carboxylic acids is 1. The number of anilines is 1. The lowest BCUT2D eigenvalue weighted by atomic mass is 10.0. The topological polar surface area (TPSA) is 36.0 Å². The van der Waals surface area contributed by atoms with Crippen molar-refractivity contribution in [1.29, 1.82) is 0 Å². The summed E-state index contributed by atoms with van der Waals surface area (Å²) in [5.74, 6) is 6.30. The van der Waals surface area contributed by atoms with Crippen LogP contribution in [0.4, 0.5) is 5.69 Å². The van der Waals surface area contributed by atoms with E-state index in [0.29, 0.717) is 6.04 Å². The Morgan fingerprint density at radius 2 is 1.92 bits per heavy atom. The molecule has 0 spiro atoms. The summed E-state index contributed by atoms with van der Waals surface area (Å²) in [5, 5.41) is 0. The molecular formula is C20H27N3O2. The second-order valence-corrected chi connectivity index (χ2v) is 6.62. The number of hydrogen-bond donors (Lipinski definition) is 0. The Morgan fingerprint density at radius 3 is 2.64 bits per heavy atom. The van der Waals surface area contributed by atoms with E-state index in [1.165, 1.54) is 5.69 Å². The van der Waals surface area contributed by atoms with Crippen molar-refractivity contribution >= 4 is 11.6 Å². The van der Waals surface area contributed by atoms with Crippen molar-refractivity contribution in [2.75, 3.05) is 51.3 Å². The first-order chi connectivity index (χ1) is 12.2. The number of methoxy groups -OCH3 is 1. The maximum atomic E-state index is 12.0. The summed E-state index contributed by atoms with van der Waals surface area (Å²) in [4.78, 5) is 18.9. The molecule has 0 radical (unpaired) electrons. The molecule has 25 heavy (non-hydrogen) atoms. The van der Waals surface area contributed by atoms with Gasteiger partial charge in [0.2, 0.25) is 0 Å². The lowest BCUT2D eigenvalue weighted by molar-refractivity contribution is -0.127. The van der Waals surface area contributed by atoms with E-state index in [9.17, 15) is 4.79 Å². The minimum absolute atomic E-state index is 0.0279. The smallest absolute Gasteiger partial charge is 0.298 e. The van der Waals surface area contributed by atoms with Gasteiger partial charge in [0.05, 0.1) is 12.8 Å². The molecule has 2 aliphatic heterocycles. The van der Waals surface area contributed by atoms with Gasteiger partial charge in [-0.3, -0.25) is 9.69 Å². The SMILES string of the molecule is CC#CC(=O)N1CCC[C@@H](N2CCN(c3ccccc3OC)CC2)C1. The molecule has 1 amide bonds. The van der Waals surface area contributed by atoms with Crippen molar-refractivity contribution in [2.45, 2.75) is 25.8 Å². The number of piperidine rings is 1. The van der Waals surface area contributed by atoms with Gasteiger partial charge in [0.25, 0.3) is 5.91 Å². The molecule has 2 fully saturated rings. The zero-order valence-electron chi connectivity index (χ0n) is 15.2. The standard InChI is InChI=1S/C20H27N3O2/c1-3-7-20(24)23-11-6-8-17(16-23)21-12-14-22(15-13-21)18-9-4-5-10-19(18)25-2/h4-5,9-10,17H,6,8,11-16H2,1-2H3/t17-/m1/s1. The molecule has 3 rings (SSSR count). The Balaban J connectivity index is 1.58. The van der Waals surface area contributed by atoms with Crippen LogP contribution in [0.15, 0.2) is 24.3 Å². The van der Waals surface area contributed by atoms with Gasteiger partial charge in [-0.25, -0.2) is 0 Å². The maximum absolute atomic E-state index is 12.0. The van der Waals surface area contributed by atoms with Crippen LogP contribution in [0, 0.1) is 11.8 Å². The van der Waals surface area contributed by atoms with Gasteiger partial charge in [0, 0.05) is 45.3 Å². The summed E-state index contributed by atoms with van der Waals surface area (Å²) in [6.45, 7) is 7.37. The third-order valence-corrected chi connectivity index (χ3v) is 5.17. The molecule has 0 saturated carbocycles. The molecule has 0 aromatic heterocycles. The Morgan fingerprint density at radius 1 is 1.16 bits per heavy atom. The first-order valence-electron chi connectivity index (χ1n) is 9.06. The fraction of sp³-hybridized carbons (Fsp3) is 0.550. The summed E-state index contributed by atoms with van der Waals surface area (Å²) in [6, 6.07) is 8.66. The minimum atomic E-state index is -0.0279. The largest absolute Gasteiger partial charge is 0.495 e. The lowest BCUT2D eigenvalue weighted by Crippen LogP contribution is -2.55. The quantitative estimate of drug-likeness (QED) is 0.786. The average Bonchev–Trinajstić information content (AvgIpc) is 2.68. The van der Waals surface area contributed by atoms with Gasteiger partial charge in [-0.1, -0.05) is 18.1 Å². The van der Waals surface area contributed by atoms with E-state index in [-0.39, 0.29) is 5.91 Å². The molecule has 0 aliphatic carbocycles. The number of ether oxygens (including phenoxy) is 1. The van der Waals surface area contributed by atoms with E-state index < -0.39 is 0 Å². The van der Waals surface area contributed by atoms with Crippen molar-refractivity contribution < 1.29 is 9.53 Å². The van der Waals surface area contributed by atoms with Gasteiger partial charge >= 0.3 is 0 Å². The number of likely N-dealkylation sites (tertiary alicyclic amines) is 1. The predicted molar refractivity (Wildman–Crippen MR) is 99.8 cm³/mol. The van der Waals surface area contributed by atoms with Gasteiger partial charge in [-0.15, -0.1) is 0 Å². The summed E-state index contributed by atoms with van der Waals surface area (Å²) >= 11 is 0. The van der Waals surface area contributed by atoms with Crippen LogP contribution in [0.5, 0.6) is 5.75 Å². The number of amides is 1. The predicted octanol–water partition coefficient (Wildman–Crippen LogP) is 1.83. The third-order valence-electron chi connectivity index (χ3n) is 5.17. The van der Waals surface area contributed by atoms with Gasteiger partial charge in [-0.2, -0.15) is 0 Å². The number of para-hydroxylation sites is 2. The summed E-state index contributed by atoms with van der Waals surface area (Å²) in [6.07, 6.45) is 2.23. The molecule has 2 saturated heterocycles. The number of benzene rings is 1. The van der Waals surface area contributed by atoms with Crippen molar-refractivity contribution in [3.05, 3.63) is 24.3 Å². The number of hydrogen-bond acceptors (Lipinski definition) is 4. The van der Waals surface area contributed by atoms with Crippen LogP contribution in [0.3, 0.4) is 0 Å². The number of piperazine rings is 1. The second-order valence-electron chi connectivity index (χ2n) is 6.62. The highest BCUT2D eigenvalue weighted by Crippen LogP contribution is 2.29.